The summed E-state index contributed by atoms with van der Waals surface area (Å²) in [6, 6.07) is 0. The highest BCUT2D eigenvalue weighted by Crippen LogP contribution is 2.79. The topological polar surface area (TPSA) is 29.1 Å². The summed E-state index contributed by atoms with van der Waals surface area (Å²) in [4.78, 5) is 12.7. The molecular weight excluding hydrogens is 266 g/mol. The number of fused-ring (bicyclic) bond motifs is 1. The van der Waals surface area contributed by atoms with Gasteiger partial charge in [-0.3, -0.25) is 4.79 Å². The molecule has 3 fully saturated rings. The molecule has 3 rings (SSSR count). The van der Waals surface area contributed by atoms with Crippen LogP contribution < -0.4 is 5.32 Å². The maximum Gasteiger partial charge on any atom is 0.228 e. The number of halogens is 1. The van der Waals surface area contributed by atoms with Crippen molar-refractivity contribution in [3.8, 4) is 0 Å². The number of nitrogens with one attached hydrogen (secondary N) is 1. The Bertz CT molecular complexity index is 352. The molecule has 90 valence electrons. The van der Waals surface area contributed by atoms with E-state index < -0.39 is 0 Å². The van der Waals surface area contributed by atoms with Gasteiger partial charge in [0.2, 0.25) is 5.91 Å². The third-order valence-electron chi connectivity index (χ3n) is 5.39. The molecule has 3 unspecified atom stereocenters. The molecular formula is C13H20BrNO. The van der Waals surface area contributed by atoms with Crippen molar-refractivity contribution in [3.05, 3.63) is 12.7 Å². The normalized spacial score (nSPS) is 43.6. The molecule has 2 bridgehead atoms. The fraction of sp³-hybridized carbons (Fsp3) is 0.769. The van der Waals surface area contributed by atoms with E-state index in [1.54, 1.807) is 6.08 Å². The van der Waals surface area contributed by atoms with E-state index in [9.17, 15) is 4.79 Å². The number of alkyl halides is 1. The zero-order valence-electron chi connectivity index (χ0n) is 10.3. The molecule has 0 spiro atoms. The van der Waals surface area contributed by atoms with Gasteiger partial charge in [-0.2, -0.15) is 0 Å². The number of hydrogen-bond donors (Lipinski definition) is 1. The number of carbonyl (C=O) groups is 1. The van der Waals surface area contributed by atoms with Crippen LogP contribution in [0.15, 0.2) is 12.7 Å². The Hall–Kier alpha value is -0.310. The molecule has 3 heteroatoms. The first-order valence-corrected chi connectivity index (χ1v) is 6.79. The molecule has 0 aromatic heterocycles. The van der Waals surface area contributed by atoms with E-state index in [0.717, 1.165) is 12.8 Å². The van der Waals surface area contributed by atoms with Gasteiger partial charge >= 0.3 is 0 Å². The van der Waals surface area contributed by atoms with Gasteiger partial charge in [0.15, 0.2) is 0 Å². The van der Waals surface area contributed by atoms with Gasteiger partial charge in [-0.15, -0.1) is 6.58 Å². The summed E-state index contributed by atoms with van der Waals surface area (Å²) >= 11 is 3.75. The van der Waals surface area contributed by atoms with Crippen molar-refractivity contribution in [1.82, 2.24) is 5.32 Å². The Morgan fingerprint density at radius 3 is 2.50 bits per heavy atom. The van der Waals surface area contributed by atoms with Crippen molar-refractivity contribution in [3.63, 3.8) is 0 Å². The maximum absolute atomic E-state index is 12.3. The van der Waals surface area contributed by atoms with Crippen LogP contribution in [-0.2, 0) is 4.79 Å². The lowest BCUT2D eigenvalue weighted by atomic mass is 9.43. The number of amides is 1. The molecule has 0 aliphatic heterocycles. The quantitative estimate of drug-likeness (QED) is 0.627. The lowest BCUT2D eigenvalue weighted by molar-refractivity contribution is -0.161. The van der Waals surface area contributed by atoms with Gasteiger partial charge in [0, 0.05) is 11.4 Å². The van der Waals surface area contributed by atoms with Crippen molar-refractivity contribution in [2.24, 2.45) is 16.2 Å². The zero-order chi connectivity index (χ0) is 12.2. The molecule has 0 heterocycles. The molecule has 1 N–H and O–H groups in total. The first kappa shape index (κ1) is 12.2. The van der Waals surface area contributed by atoms with E-state index in [4.69, 9.17) is 0 Å². The van der Waals surface area contributed by atoms with Gasteiger partial charge in [0.25, 0.3) is 0 Å². The van der Waals surface area contributed by atoms with Crippen molar-refractivity contribution >= 4 is 21.8 Å². The lowest BCUT2D eigenvalue weighted by Gasteiger charge is -2.64. The van der Waals surface area contributed by atoms with Crippen LogP contribution >= 0.6 is 15.9 Å². The second-order valence-corrected chi connectivity index (χ2v) is 6.79. The van der Waals surface area contributed by atoms with E-state index in [0.29, 0.717) is 11.4 Å². The smallest absolute Gasteiger partial charge is 0.228 e. The Balaban J connectivity index is 2.27. The second kappa shape index (κ2) is 3.34. The Morgan fingerprint density at radius 2 is 2.12 bits per heavy atom. The van der Waals surface area contributed by atoms with Gasteiger partial charge in [-0.25, -0.2) is 0 Å². The number of rotatable bonds is 3. The molecule has 3 aliphatic rings. The van der Waals surface area contributed by atoms with E-state index in [1.807, 2.05) is 0 Å². The summed E-state index contributed by atoms with van der Waals surface area (Å²) in [5, 5.41) is 2.97. The average molecular weight is 286 g/mol. The van der Waals surface area contributed by atoms with Gasteiger partial charge in [0.05, 0.1) is 5.41 Å². The molecule has 0 radical (unpaired) electrons. The van der Waals surface area contributed by atoms with Gasteiger partial charge in [-0.1, -0.05) is 42.8 Å². The Kier molecular flexibility index (Phi) is 2.54. The highest BCUT2D eigenvalue weighted by Gasteiger charge is 2.79. The summed E-state index contributed by atoms with van der Waals surface area (Å²) in [6.07, 6.45) is 3.87. The van der Waals surface area contributed by atoms with Gasteiger partial charge < -0.3 is 5.32 Å². The fourth-order valence-electron chi connectivity index (χ4n) is 3.78. The standard InChI is InChI=1S/C13H20BrNO/c1-5-8-15-10(16)13-7-6-12(4,9(13)14)11(13,2)3/h5,9H,1,6-8H2,2-4H3,(H,15,16). The predicted octanol–water partition coefficient (Wildman–Crippen LogP) is 2.88. The summed E-state index contributed by atoms with van der Waals surface area (Å²) < 4.78 is 0. The van der Waals surface area contributed by atoms with Gasteiger partial charge in [-0.05, 0) is 23.7 Å². The van der Waals surface area contributed by atoms with Crippen LogP contribution in [0.1, 0.15) is 33.6 Å². The zero-order valence-corrected chi connectivity index (χ0v) is 11.9. The molecule has 0 aromatic carbocycles. The molecule has 3 aliphatic carbocycles. The highest BCUT2D eigenvalue weighted by atomic mass is 79.9. The van der Waals surface area contributed by atoms with Crippen molar-refractivity contribution in [2.75, 3.05) is 6.54 Å². The first-order valence-electron chi connectivity index (χ1n) is 5.88. The van der Waals surface area contributed by atoms with E-state index in [1.165, 1.54) is 0 Å². The minimum absolute atomic E-state index is 0.0828. The van der Waals surface area contributed by atoms with Crippen molar-refractivity contribution < 1.29 is 4.79 Å². The SMILES string of the molecule is C=CCNC(=O)C12CCC(C)(C1Br)C2(C)C. The first-order chi connectivity index (χ1) is 7.34. The summed E-state index contributed by atoms with van der Waals surface area (Å²) in [5.41, 5.74) is 0.128. The largest absolute Gasteiger partial charge is 0.352 e. The molecule has 0 aromatic rings. The maximum atomic E-state index is 12.3. The van der Waals surface area contributed by atoms with Crippen molar-refractivity contribution in [1.29, 1.82) is 0 Å². The van der Waals surface area contributed by atoms with Gasteiger partial charge in [0.1, 0.15) is 0 Å². The van der Waals surface area contributed by atoms with Crippen LogP contribution in [0.5, 0.6) is 0 Å². The van der Waals surface area contributed by atoms with Crippen LogP contribution in [0.2, 0.25) is 0 Å². The number of carbonyl (C=O) groups excluding carboxylic acids is 1. The summed E-state index contributed by atoms with van der Waals surface area (Å²) in [6.45, 7) is 10.9. The third kappa shape index (κ3) is 1.01. The molecule has 0 saturated heterocycles. The molecule has 16 heavy (non-hydrogen) atoms. The van der Waals surface area contributed by atoms with Crippen LogP contribution in [0, 0.1) is 16.2 Å². The molecule has 3 atom stereocenters. The predicted molar refractivity (Wildman–Crippen MR) is 69.5 cm³/mol. The fourth-order valence-corrected chi connectivity index (χ4v) is 5.59. The minimum atomic E-state index is -0.217. The molecule has 1 amide bonds. The highest BCUT2D eigenvalue weighted by molar-refractivity contribution is 9.09. The van der Waals surface area contributed by atoms with E-state index >= 15 is 0 Å². The van der Waals surface area contributed by atoms with Crippen molar-refractivity contribution in [2.45, 2.75) is 38.4 Å². The van der Waals surface area contributed by atoms with Crippen LogP contribution in [0.25, 0.3) is 0 Å². The number of hydrogen-bond acceptors (Lipinski definition) is 1. The lowest BCUT2D eigenvalue weighted by Crippen LogP contribution is -2.69. The van der Waals surface area contributed by atoms with Crippen LogP contribution in [0.4, 0.5) is 0 Å². The summed E-state index contributed by atoms with van der Waals surface area (Å²) in [7, 11) is 0. The monoisotopic (exact) mass is 285 g/mol. The minimum Gasteiger partial charge on any atom is -0.352 e. The van der Waals surface area contributed by atoms with E-state index in [2.05, 4.69) is 48.6 Å². The van der Waals surface area contributed by atoms with Crippen LogP contribution in [-0.4, -0.2) is 17.3 Å². The second-order valence-electron chi connectivity index (χ2n) is 5.88. The third-order valence-corrected chi connectivity index (χ3v) is 7.18. The van der Waals surface area contributed by atoms with E-state index in [-0.39, 0.29) is 22.2 Å². The average Bonchev–Trinajstić information content (AvgIpc) is 2.64. The summed E-state index contributed by atoms with van der Waals surface area (Å²) in [5.74, 6) is 0.189. The Labute approximate surface area is 106 Å². The molecule has 3 saturated carbocycles. The Morgan fingerprint density at radius 1 is 1.50 bits per heavy atom. The van der Waals surface area contributed by atoms with Crippen LogP contribution in [0.3, 0.4) is 0 Å². The molecule has 2 nitrogen and oxygen atoms in total.